The molecule has 3 rings (SSSR count). The largest absolute Gasteiger partial charge is 0.486 e. The van der Waals surface area contributed by atoms with Gasteiger partial charge in [0.25, 0.3) is 0 Å². The predicted octanol–water partition coefficient (Wildman–Crippen LogP) is 1.75. The lowest BCUT2D eigenvalue weighted by atomic mass is 9.98. The average molecular weight is 247 g/mol. The summed E-state index contributed by atoms with van der Waals surface area (Å²) in [6, 6.07) is 4.09. The van der Waals surface area contributed by atoms with E-state index in [0.717, 1.165) is 24.5 Å². The maximum absolute atomic E-state index is 11.7. The summed E-state index contributed by atoms with van der Waals surface area (Å²) in [6.07, 6.45) is 1.47. The number of rotatable bonds is 1. The highest BCUT2D eigenvalue weighted by Crippen LogP contribution is 2.35. The predicted molar refractivity (Wildman–Crippen MR) is 66.8 cm³/mol. The van der Waals surface area contributed by atoms with E-state index in [0.29, 0.717) is 26.2 Å². The number of fused-ring (bicyclic) bond motifs is 2. The first-order chi connectivity index (χ1) is 8.78. The van der Waals surface area contributed by atoms with Crippen molar-refractivity contribution < 1.29 is 14.3 Å². The summed E-state index contributed by atoms with van der Waals surface area (Å²) in [5, 5.41) is 0. The fourth-order valence-corrected chi connectivity index (χ4v) is 2.53. The lowest BCUT2D eigenvalue weighted by molar-refractivity contribution is -0.131. The molecule has 0 unspecified atom stereocenters. The molecule has 0 bridgehead atoms. The van der Waals surface area contributed by atoms with Gasteiger partial charge in [0.1, 0.15) is 13.2 Å². The Hall–Kier alpha value is -1.71. The minimum atomic E-state index is 0.218. The molecule has 0 atom stereocenters. The lowest BCUT2D eigenvalue weighted by Gasteiger charge is -2.30. The Morgan fingerprint density at radius 1 is 1.22 bits per heavy atom. The molecule has 2 aliphatic rings. The quantitative estimate of drug-likeness (QED) is 0.759. The van der Waals surface area contributed by atoms with Gasteiger partial charge in [-0.25, -0.2) is 0 Å². The Balaban J connectivity index is 1.89. The molecule has 4 heteroatoms. The summed E-state index contributed by atoms with van der Waals surface area (Å²) in [5.41, 5.74) is 2.46. The van der Waals surface area contributed by atoms with Crippen LogP contribution in [0.5, 0.6) is 11.5 Å². The van der Waals surface area contributed by atoms with E-state index >= 15 is 0 Å². The van der Waals surface area contributed by atoms with Crippen LogP contribution in [0.25, 0.3) is 0 Å². The highest BCUT2D eigenvalue weighted by atomic mass is 16.6. The Labute approximate surface area is 106 Å². The van der Waals surface area contributed by atoms with Crippen molar-refractivity contribution in [3.63, 3.8) is 0 Å². The van der Waals surface area contributed by atoms with Gasteiger partial charge in [-0.1, -0.05) is 6.92 Å². The van der Waals surface area contributed by atoms with Crippen molar-refractivity contribution in [3.05, 3.63) is 23.3 Å². The SMILES string of the molecule is CCC(=O)N1CCc2cc3c(cc2C1)OCCO3. The number of hydrogen-bond donors (Lipinski definition) is 0. The van der Waals surface area contributed by atoms with Gasteiger partial charge in [0, 0.05) is 19.5 Å². The molecule has 1 aromatic carbocycles. The second-order valence-electron chi connectivity index (χ2n) is 4.68. The fraction of sp³-hybridized carbons (Fsp3) is 0.500. The van der Waals surface area contributed by atoms with Gasteiger partial charge < -0.3 is 14.4 Å². The van der Waals surface area contributed by atoms with Crippen LogP contribution in [0.3, 0.4) is 0 Å². The van der Waals surface area contributed by atoms with Crippen LogP contribution in [-0.4, -0.2) is 30.6 Å². The van der Waals surface area contributed by atoms with Crippen molar-refractivity contribution in [2.75, 3.05) is 19.8 Å². The normalized spacial score (nSPS) is 17.3. The third kappa shape index (κ3) is 1.92. The van der Waals surface area contributed by atoms with Crippen LogP contribution >= 0.6 is 0 Å². The Kier molecular flexibility index (Phi) is 2.86. The Bertz CT molecular complexity index is 484. The standard InChI is InChI=1S/C14H17NO3/c1-2-14(16)15-4-3-10-7-12-13(8-11(10)9-15)18-6-5-17-12/h7-8H,2-6,9H2,1H3. The molecule has 18 heavy (non-hydrogen) atoms. The number of carbonyl (C=O) groups is 1. The zero-order valence-corrected chi connectivity index (χ0v) is 10.6. The fourth-order valence-electron chi connectivity index (χ4n) is 2.53. The molecular weight excluding hydrogens is 230 g/mol. The van der Waals surface area contributed by atoms with E-state index in [-0.39, 0.29) is 5.91 Å². The molecule has 4 nitrogen and oxygen atoms in total. The molecule has 0 radical (unpaired) electrons. The molecule has 2 heterocycles. The minimum Gasteiger partial charge on any atom is -0.486 e. The molecule has 0 aromatic heterocycles. The van der Waals surface area contributed by atoms with E-state index in [4.69, 9.17) is 9.47 Å². The first kappa shape index (κ1) is 11.4. The molecule has 0 N–H and O–H groups in total. The second kappa shape index (κ2) is 4.52. The summed E-state index contributed by atoms with van der Waals surface area (Å²) < 4.78 is 11.2. The summed E-state index contributed by atoms with van der Waals surface area (Å²) >= 11 is 0. The molecule has 0 saturated heterocycles. The van der Waals surface area contributed by atoms with Crippen molar-refractivity contribution in [2.24, 2.45) is 0 Å². The van der Waals surface area contributed by atoms with Crippen LogP contribution in [0.15, 0.2) is 12.1 Å². The first-order valence-corrected chi connectivity index (χ1v) is 6.47. The zero-order chi connectivity index (χ0) is 12.5. The third-order valence-electron chi connectivity index (χ3n) is 3.53. The second-order valence-corrected chi connectivity index (χ2v) is 4.68. The average Bonchev–Trinajstić information content (AvgIpc) is 2.43. The summed E-state index contributed by atoms with van der Waals surface area (Å²) in [4.78, 5) is 13.7. The number of hydrogen-bond acceptors (Lipinski definition) is 3. The van der Waals surface area contributed by atoms with Crippen LogP contribution in [-0.2, 0) is 17.8 Å². The summed E-state index contributed by atoms with van der Waals surface area (Å²) in [5.74, 6) is 1.87. The number of nitrogens with zero attached hydrogens (tertiary/aromatic N) is 1. The van der Waals surface area contributed by atoms with Crippen LogP contribution in [0.2, 0.25) is 0 Å². The van der Waals surface area contributed by atoms with Gasteiger partial charge in [-0.2, -0.15) is 0 Å². The van der Waals surface area contributed by atoms with Crippen molar-refractivity contribution in [1.82, 2.24) is 4.90 Å². The highest BCUT2D eigenvalue weighted by Gasteiger charge is 2.23. The molecule has 1 aromatic rings. The van der Waals surface area contributed by atoms with Gasteiger partial charge in [-0.3, -0.25) is 4.79 Å². The molecule has 0 spiro atoms. The first-order valence-electron chi connectivity index (χ1n) is 6.47. The minimum absolute atomic E-state index is 0.218. The summed E-state index contributed by atoms with van der Waals surface area (Å²) in [7, 11) is 0. The topological polar surface area (TPSA) is 38.8 Å². The molecule has 0 saturated carbocycles. The van der Waals surface area contributed by atoms with E-state index in [2.05, 4.69) is 6.07 Å². The Morgan fingerprint density at radius 2 is 1.89 bits per heavy atom. The van der Waals surface area contributed by atoms with Gasteiger partial charge in [-0.05, 0) is 29.7 Å². The van der Waals surface area contributed by atoms with Gasteiger partial charge in [0.05, 0.1) is 0 Å². The van der Waals surface area contributed by atoms with Crippen LogP contribution < -0.4 is 9.47 Å². The Morgan fingerprint density at radius 3 is 2.56 bits per heavy atom. The number of carbonyl (C=O) groups excluding carboxylic acids is 1. The van der Waals surface area contributed by atoms with Crippen molar-refractivity contribution in [3.8, 4) is 11.5 Å². The maximum Gasteiger partial charge on any atom is 0.222 e. The van der Waals surface area contributed by atoms with Crippen molar-refractivity contribution >= 4 is 5.91 Å². The number of amides is 1. The molecule has 1 amide bonds. The van der Waals surface area contributed by atoms with Crippen LogP contribution in [0.1, 0.15) is 24.5 Å². The number of ether oxygens (including phenoxy) is 2. The molecule has 0 fully saturated rings. The smallest absolute Gasteiger partial charge is 0.222 e. The molecule has 0 aliphatic carbocycles. The van der Waals surface area contributed by atoms with E-state index < -0.39 is 0 Å². The van der Waals surface area contributed by atoms with Crippen LogP contribution in [0, 0.1) is 0 Å². The van der Waals surface area contributed by atoms with E-state index in [1.54, 1.807) is 0 Å². The zero-order valence-electron chi connectivity index (χ0n) is 10.6. The number of benzene rings is 1. The van der Waals surface area contributed by atoms with Gasteiger partial charge in [-0.15, -0.1) is 0 Å². The van der Waals surface area contributed by atoms with E-state index in [9.17, 15) is 4.79 Å². The van der Waals surface area contributed by atoms with Crippen molar-refractivity contribution in [2.45, 2.75) is 26.3 Å². The van der Waals surface area contributed by atoms with E-state index in [1.165, 1.54) is 11.1 Å². The van der Waals surface area contributed by atoms with Crippen LogP contribution in [0.4, 0.5) is 0 Å². The van der Waals surface area contributed by atoms with Gasteiger partial charge in [0.2, 0.25) is 5.91 Å². The maximum atomic E-state index is 11.7. The molecular formula is C14H17NO3. The monoisotopic (exact) mass is 247 g/mol. The molecule has 2 aliphatic heterocycles. The van der Waals surface area contributed by atoms with E-state index in [1.807, 2.05) is 17.9 Å². The lowest BCUT2D eigenvalue weighted by Crippen LogP contribution is -2.35. The summed E-state index contributed by atoms with van der Waals surface area (Å²) in [6.45, 7) is 4.62. The highest BCUT2D eigenvalue weighted by molar-refractivity contribution is 5.76. The molecule has 96 valence electrons. The van der Waals surface area contributed by atoms with Crippen molar-refractivity contribution in [1.29, 1.82) is 0 Å². The van der Waals surface area contributed by atoms with Gasteiger partial charge >= 0.3 is 0 Å². The van der Waals surface area contributed by atoms with Gasteiger partial charge in [0.15, 0.2) is 11.5 Å². The third-order valence-corrected chi connectivity index (χ3v) is 3.53.